The lowest BCUT2D eigenvalue weighted by Crippen LogP contribution is -2.10. The zero-order chi connectivity index (χ0) is 9.97. The smallest absolute Gasteiger partial charge is 0.174 e. The molecule has 0 bridgehead atoms. The van der Waals surface area contributed by atoms with Crippen LogP contribution in [-0.2, 0) is 0 Å². The first-order valence-corrected chi connectivity index (χ1v) is 4.10. The van der Waals surface area contributed by atoms with E-state index in [4.69, 9.17) is 5.84 Å². The van der Waals surface area contributed by atoms with Gasteiger partial charge in [0.05, 0.1) is 18.6 Å². The van der Waals surface area contributed by atoms with Gasteiger partial charge in [0.2, 0.25) is 0 Å². The molecule has 0 spiro atoms. The Morgan fingerprint density at radius 3 is 2.86 bits per heavy atom. The number of hydrogen-bond acceptors (Lipinski definition) is 5. The molecule has 0 fully saturated rings. The van der Waals surface area contributed by atoms with Crippen LogP contribution in [0.4, 0.5) is 5.82 Å². The molecule has 0 aromatic carbocycles. The summed E-state index contributed by atoms with van der Waals surface area (Å²) >= 11 is 0. The molecule has 0 aliphatic heterocycles. The first kappa shape index (κ1) is 8.64. The van der Waals surface area contributed by atoms with Crippen molar-refractivity contribution in [1.82, 2.24) is 19.7 Å². The lowest BCUT2D eigenvalue weighted by Gasteiger charge is -2.01. The fourth-order valence-corrected chi connectivity index (χ4v) is 1.07. The van der Waals surface area contributed by atoms with Gasteiger partial charge in [-0.1, -0.05) is 0 Å². The van der Waals surface area contributed by atoms with Crippen LogP contribution in [0.5, 0.6) is 0 Å². The molecule has 6 nitrogen and oxygen atoms in total. The van der Waals surface area contributed by atoms with Crippen LogP contribution < -0.4 is 11.3 Å². The number of anilines is 1. The molecule has 0 saturated heterocycles. The van der Waals surface area contributed by atoms with E-state index in [1.165, 1.54) is 0 Å². The highest BCUT2D eigenvalue weighted by Crippen LogP contribution is 2.06. The molecule has 0 amide bonds. The summed E-state index contributed by atoms with van der Waals surface area (Å²) in [5.41, 5.74) is 3.50. The van der Waals surface area contributed by atoms with Crippen LogP contribution in [0.15, 0.2) is 24.8 Å². The van der Waals surface area contributed by atoms with Crippen molar-refractivity contribution >= 4 is 5.82 Å². The maximum atomic E-state index is 5.22. The van der Waals surface area contributed by atoms with Gasteiger partial charge in [0.1, 0.15) is 0 Å². The third kappa shape index (κ3) is 1.55. The SMILES string of the molecule is Cc1cnn(-c2cncc(NN)n2)c1. The number of rotatable bonds is 2. The van der Waals surface area contributed by atoms with Crippen LogP contribution in [0.2, 0.25) is 0 Å². The monoisotopic (exact) mass is 190 g/mol. The highest BCUT2D eigenvalue weighted by Gasteiger charge is 2.00. The van der Waals surface area contributed by atoms with E-state index in [9.17, 15) is 0 Å². The van der Waals surface area contributed by atoms with E-state index < -0.39 is 0 Å². The molecular formula is C8H10N6. The largest absolute Gasteiger partial charge is 0.307 e. The molecule has 2 aromatic heterocycles. The summed E-state index contributed by atoms with van der Waals surface area (Å²) in [6, 6.07) is 0. The van der Waals surface area contributed by atoms with Gasteiger partial charge in [0.15, 0.2) is 11.6 Å². The Bertz CT molecular complexity index is 435. The van der Waals surface area contributed by atoms with Crippen molar-refractivity contribution in [1.29, 1.82) is 0 Å². The molecule has 2 rings (SSSR count). The van der Waals surface area contributed by atoms with Crippen molar-refractivity contribution < 1.29 is 0 Å². The van der Waals surface area contributed by atoms with Crippen LogP contribution in [0.25, 0.3) is 5.82 Å². The average Bonchev–Trinajstić information content (AvgIpc) is 2.65. The van der Waals surface area contributed by atoms with E-state index >= 15 is 0 Å². The van der Waals surface area contributed by atoms with Gasteiger partial charge < -0.3 is 5.43 Å². The summed E-state index contributed by atoms with van der Waals surface area (Å²) < 4.78 is 1.64. The predicted molar refractivity (Wildman–Crippen MR) is 51.7 cm³/mol. The number of hydrazine groups is 1. The second-order valence-electron chi connectivity index (χ2n) is 2.87. The number of nitrogens with one attached hydrogen (secondary N) is 1. The fraction of sp³-hybridized carbons (Fsp3) is 0.125. The maximum absolute atomic E-state index is 5.22. The normalized spacial score (nSPS) is 10.1. The van der Waals surface area contributed by atoms with Crippen LogP contribution in [0.1, 0.15) is 5.56 Å². The topological polar surface area (TPSA) is 81.7 Å². The van der Waals surface area contributed by atoms with E-state index in [1.807, 2.05) is 13.1 Å². The quantitative estimate of drug-likeness (QED) is 0.524. The maximum Gasteiger partial charge on any atom is 0.174 e. The molecule has 0 aliphatic rings. The molecule has 3 N–H and O–H groups in total. The Balaban J connectivity index is 2.41. The lowest BCUT2D eigenvalue weighted by atomic mass is 10.4. The second-order valence-corrected chi connectivity index (χ2v) is 2.87. The number of aryl methyl sites for hydroxylation is 1. The standard InChI is InChI=1S/C8H10N6/c1-6-2-11-14(5-6)8-4-10-3-7(12-8)13-9/h2-5H,9H2,1H3,(H,12,13). The van der Waals surface area contributed by atoms with Crippen molar-refractivity contribution in [2.45, 2.75) is 6.92 Å². The molecule has 0 saturated carbocycles. The summed E-state index contributed by atoms with van der Waals surface area (Å²) in [6.07, 6.45) is 6.78. The van der Waals surface area contributed by atoms with Gasteiger partial charge in [-0.15, -0.1) is 0 Å². The van der Waals surface area contributed by atoms with E-state index in [-0.39, 0.29) is 0 Å². The number of nitrogens with two attached hydrogens (primary N) is 1. The molecule has 0 aliphatic carbocycles. The van der Waals surface area contributed by atoms with Gasteiger partial charge >= 0.3 is 0 Å². The molecular weight excluding hydrogens is 180 g/mol. The average molecular weight is 190 g/mol. The highest BCUT2D eigenvalue weighted by molar-refractivity contribution is 5.34. The van der Waals surface area contributed by atoms with Gasteiger partial charge in [0, 0.05) is 6.20 Å². The van der Waals surface area contributed by atoms with Gasteiger partial charge in [-0.2, -0.15) is 5.10 Å². The van der Waals surface area contributed by atoms with Crippen LogP contribution in [0.3, 0.4) is 0 Å². The van der Waals surface area contributed by atoms with Crippen LogP contribution in [0, 0.1) is 6.92 Å². The number of aromatic nitrogens is 4. The number of nitrogens with zero attached hydrogens (tertiary/aromatic N) is 4. The van der Waals surface area contributed by atoms with Crippen molar-refractivity contribution in [2.75, 3.05) is 5.43 Å². The Morgan fingerprint density at radius 1 is 1.36 bits per heavy atom. The van der Waals surface area contributed by atoms with Crippen LogP contribution in [-0.4, -0.2) is 19.7 Å². The molecule has 0 unspecified atom stereocenters. The van der Waals surface area contributed by atoms with Gasteiger partial charge in [-0.25, -0.2) is 15.5 Å². The molecule has 14 heavy (non-hydrogen) atoms. The van der Waals surface area contributed by atoms with E-state index in [2.05, 4.69) is 20.5 Å². The minimum Gasteiger partial charge on any atom is -0.307 e. The van der Waals surface area contributed by atoms with Crippen molar-refractivity contribution in [3.05, 3.63) is 30.4 Å². The van der Waals surface area contributed by atoms with Crippen molar-refractivity contribution in [3.63, 3.8) is 0 Å². The summed E-state index contributed by atoms with van der Waals surface area (Å²) in [7, 11) is 0. The van der Waals surface area contributed by atoms with E-state index in [0.717, 1.165) is 5.56 Å². The van der Waals surface area contributed by atoms with E-state index in [1.54, 1.807) is 23.3 Å². The highest BCUT2D eigenvalue weighted by atomic mass is 15.3. The minimum atomic E-state index is 0.510. The Labute approximate surface area is 80.8 Å². The summed E-state index contributed by atoms with van der Waals surface area (Å²) in [6.45, 7) is 1.96. The zero-order valence-electron chi connectivity index (χ0n) is 7.68. The molecule has 72 valence electrons. The number of nitrogen functional groups attached to an aromatic ring is 1. The lowest BCUT2D eigenvalue weighted by molar-refractivity contribution is 0.838. The van der Waals surface area contributed by atoms with Gasteiger partial charge in [-0.3, -0.25) is 4.98 Å². The zero-order valence-corrected chi connectivity index (χ0v) is 7.68. The second kappa shape index (κ2) is 3.43. The van der Waals surface area contributed by atoms with Gasteiger partial charge in [-0.05, 0) is 12.5 Å². The molecule has 6 heteroatoms. The Hall–Kier alpha value is -1.95. The third-order valence-corrected chi connectivity index (χ3v) is 1.72. The number of hydrogen-bond donors (Lipinski definition) is 2. The first-order chi connectivity index (χ1) is 6.79. The van der Waals surface area contributed by atoms with Gasteiger partial charge in [0.25, 0.3) is 0 Å². The summed E-state index contributed by atoms with van der Waals surface area (Å²) in [4.78, 5) is 8.15. The first-order valence-electron chi connectivity index (χ1n) is 4.10. The van der Waals surface area contributed by atoms with Crippen molar-refractivity contribution in [2.24, 2.45) is 5.84 Å². The van der Waals surface area contributed by atoms with Crippen LogP contribution >= 0.6 is 0 Å². The van der Waals surface area contributed by atoms with Crippen molar-refractivity contribution in [3.8, 4) is 5.82 Å². The molecule has 0 radical (unpaired) electrons. The summed E-state index contributed by atoms with van der Waals surface area (Å²) in [5.74, 6) is 6.36. The predicted octanol–water partition coefficient (Wildman–Crippen LogP) is 0.256. The van der Waals surface area contributed by atoms with E-state index in [0.29, 0.717) is 11.6 Å². The Morgan fingerprint density at radius 2 is 2.21 bits per heavy atom. The fourth-order valence-electron chi connectivity index (χ4n) is 1.07. The third-order valence-electron chi connectivity index (χ3n) is 1.72. The molecule has 0 atom stereocenters. The summed E-state index contributed by atoms with van der Waals surface area (Å²) in [5, 5.41) is 4.11. The Kier molecular flexibility index (Phi) is 2.11. The molecule has 2 heterocycles. The minimum absolute atomic E-state index is 0.510. The molecule has 2 aromatic rings.